The van der Waals surface area contributed by atoms with E-state index in [4.69, 9.17) is 10.8 Å². The number of aromatic amines is 1. The molecule has 142 valence electrons. The number of ether oxygens (including phenoxy) is 1. The number of aliphatic hydroxyl groups is 1. The molecule has 0 atom stereocenters. The van der Waals surface area contributed by atoms with Gasteiger partial charge in [0, 0.05) is 24.9 Å². The summed E-state index contributed by atoms with van der Waals surface area (Å²) in [7, 11) is 0. The van der Waals surface area contributed by atoms with E-state index < -0.39 is 17.5 Å². The Hall–Kier alpha value is -2.09. The first-order valence-corrected chi connectivity index (χ1v) is 8.34. The van der Waals surface area contributed by atoms with E-state index in [-0.39, 0.29) is 23.9 Å². The van der Waals surface area contributed by atoms with Gasteiger partial charge in [0.25, 0.3) is 5.56 Å². The fourth-order valence-corrected chi connectivity index (χ4v) is 2.58. The van der Waals surface area contributed by atoms with E-state index in [9.17, 15) is 14.0 Å². The summed E-state index contributed by atoms with van der Waals surface area (Å²) in [6.45, 7) is 5.51. The zero-order chi connectivity index (χ0) is 19.0. The molecule has 1 amide bonds. The highest BCUT2D eigenvalue weighted by atomic mass is 19.1. The van der Waals surface area contributed by atoms with Crippen molar-refractivity contribution in [2.45, 2.75) is 58.1 Å². The van der Waals surface area contributed by atoms with Crippen LogP contribution in [0.4, 0.5) is 14.9 Å². The topological polar surface area (TPSA) is 117 Å². The third kappa shape index (κ3) is 8.53. The second kappa shape index (κ2) is 9.41. The van der Waals surface area contributed by atoms with Crippen molar-refractivity contribution < 1.29 is 19.0 Å². The van der Waals surface area contributed by atoms with E-state index in [2.05, 4.69) is 15.0 Å². The highest BCUT2D eigenvalue weighted by molar-refractivity contribution is 5.65. The molecule has 0 aromatic carbocycles. The first-order valence-electron chi connectivity index (χ1n) is 8.34. The van der Waals surface area contributed by atoms with Crippen molar-refractivity contribution in [1.29, 1.82) is 0 Å². The fourth-order valence-electron chi connectivity index (χ4n) is 2.58. The molecule has 0 unspecified atom stereocenters. The second-order valence-electron chi connectivity index (χ2n) is 7.14. The third-order valence-corrected chi connectivity index (χ3v) is 3.74. The number of primary amides is 1. The average molecular weight is 357 g/mol. The van der Waals surface area contributed by atoms with Crippen LogP contribution in [0.3, 0.4) is 0 Å². The van der Waals surface area contributed by atoms with Crippen molar-refractivity contribution in [2.75, 3.05) is 11.9 Å². The summed E-state index contributed by atoms with van der Waals surface area (Å²) in [5, 5.41) is 12.1. The summed E-state index contributed by atoms with van der Waals surface area (Å²) < 4.78 is 17.6. The van der Waals surface area contributed by atoms with Gasteiger partial charge in [-0.25, -0.2) is 9.18 Å². The van der Waals surface area contributed by atoms with Crippen molar-refractivity contribution in [1.82, 2.24) is 4.98 Å². The number of nitrogens with one attached hydrogen (secondary N) is 2. The fraction of sp³-hybridized carbons (Fsp3) is 0.647. The smallest absolute Gasteiger partial charge is 0.405 e. The molecule has 7 nitrogen and oxygen atoms in total. The van der Waals surface area contributed by atoms with Crippen LogP contribution >= 0.6 is 0 Å². The summed E-state index contributed by atoms with van der Waals surface area (Å²) >= 11 is 0. The Labute approximate surface area is 146 Å². The summed E-state index contributed by atoms with van der Waals surface area (Å²) in [5.74, 6) is -0.0741. The first-order chi connectivity index (χ1) is 11.6. The molecule has 1 fully saturated rings. The molecule has 5 N–H and O–H groups in total. The lowest BCUT2D eigenvalue weighted by Gasteiger charge is -2.28. The van der Waals surface area contributed by atoms with Gasteiger partial charge in [-0.3, -0.25) is 4.79 Å². The minimum Gasteiger partial charge on any atom is -0.444 e. The molecular formula is C17H28FN3O4. The molecule has 0 aliphatic heterocycles. The molecule has 0 spiro atoms. The number of carbonyl (C=O) groups is 1. The highest BCUT2D eigenvalue weighted by Crippen LogP contribution is 2.25. The predicted octanol–water partition coefficient (Wildman–Crippen LogP) is 2.36. The Balaban J connectivity index is 0.000000333. The van der Waals surface area contributed by atoms with E-state index >= 15 is 0 Å². The van der Waals surface area contributed by atoms with Gasteiger partial charge in [-0.15, -0.1) is 0 Å². The van der Waals surface area contributed by atoms with Crippen LogP contribution in [0.25, 0.3) is 0 Å². The number of H-pyrrole nitrogens is 1. The van der Waals surface area contributed by atoms with Gasteiger partial charge in [0.1, 0.15) is 17.1 Å². The van der Waals surface area contributed by atoms with Gasteiger partial charge in [-0.1, -0.05) is 0 Å². The number of anilines is 1. The number of aliphatic hydroxyl groups excluding tert-OH is 1. The number of pyridine rings is 1. The lowest BCUT2D eigenvalue weighted by Crippen LogP contribution is -2.29. The Kier molecular flexibility index (Phi) is 7.89. The molecule has 0 radical (unpaired) electrons. The third-order valence-electron chi connectivity index (χ3n) is 3.74. The summed E-state index contributed by atoms with van der Waals surface area (Å²) in [4.78, 5) is 23.8. The number of halogens is 1. The van der Waals surface area contributed by atoms with Crippen LogP contribution in [0.2, 0.25) is 0 Å². The SMILES string of the molecule is CC(C)(C)OC(N)=O.O=c1[nH]cc(F)cc1NC1CCC(CO)CC1. The number of hydrogen-bond acceptors (Lipinski definition) is 5. The molecule has 1 aromatic rings. The Morgan fingerprint density at radius 3 is 2.44 bits per heavy atom. The van der Waals surface area contributed by atoms with E-state index in [0.29, 0.717) is 5.92 Å². The van der Waals surface area contributed by atoms with Gasteiger partial charge >= 0.3 is 6.09 Å². The zero-order valence-corrected chi connectivity index (χ0v) is 15.0. The number of nitrogens with two attached hydrogens (primary N) is 1. The van der Waals surface area contributed by atoms with Crippen LogP contribution in [-0.4, -0.2) is 34.4 Å². The van der Waals surface area contributed by atoms with E-state index in [1.165, 1.54) is 6.07 Å². The standard InChI is InChI=1S/C12H17FN2O2.C5H11NO2/c13-9-5-11(12(17)14-6-9)15-10-3-1-8(7-16)2-4-10;1-5(2,3)8-4(6)7/h5-6,8,10,15-16H,1-4,7H2,(H,14,17);1-3H3,(H2,6,7). The van der Waals surface area contributed by atoms with Crippen LogP contribution in [0.1, 0.15) is 46.5 Å². The maximum absolute atomic E-state index is 13.0. The first kappa shape index (κ1) is 21.0. The highest BCUT2D eigenvalue weighted by Gasteiger charge is 2.21. The summed E-state index contributed by atoms with van der Waals surface area (Å²) in [6.07, 6.45) is 4.03. The zero-order valence-electron chi connectivity index (χ0n) is 15.0. The molecule has 0 bridgehead atoms. The Morgan fingerprint density at radius 2 is 2.00 bits per heavy atom. The number of aromatic nitrogens is 1. The largest absolute Gasteiger partial charge is 0.444 e. The summed E-state index contributed by atoms with van der Waals surface area (Å²) in [6, 6.07) is 1.41. The molecular weight excluding hydrogens is 329 g/mol. The van der Waals surface area contributed by atoms with Crippen LogP contribution in [0, 0.1) is 11.7 Å². The summed E-state index contributed by atoms with van der Waals surface area (Å²) in [5.41, 5.74) is 4.26. The van der Waals surface area contributed by atoms with Gasteiger partial charge in [-0.05, 0) is 52.4 Å². The number of carbonyl (C=O) groups excluding carboxylic acids is 1. The molecule has 25 heavy (non-hydrogen) atoms. The van der Waals surface area contributed by atoms with Crippen molar-refractivity contribution >= 4 is 11.8 Å². The molecule has 1 aliphatic rings. The van der Waals surface area contributed by atoms with E-state index in [1.807, 2.05) is 0 Å². The van der Waals surface area contributed by atoms with Gasteiger partial charge in [-0.2, -0.15) is 0 Å². The number of rotatable bonds is 3. The van der Waals surface area contributed by atoms with Crippen molar-refractivity contribution in [3.63, 3.8) is 0 Å². The minimum absolute atomic E-state index is 0.195. The molecule has 1 saturated carbocycles. The minimum atomic E-state index is -0.725. The van der Waals surface area contributed by atoms with Crippen LogP contribution in [0.5, 0.6) is 0 Å². The molecule has 1 aliphatic carbocycles. The Bertz CT molecular complexity index is 605. The van der Waals surface area contributed by atoms with Crippen LogP contribution < -0.4 is 16.6 Å². The van der Waals surface area contributed by atoms with Crippen LogP contribution in [-0.2, 0) is 4.74 Å². The van der Waals surface area contributed by atoms with E-state index in [1.54, 1.807) is 20.8 Å². The van der Waals surface area contributed by atoms with Gasteiger partial charge in [0.15, 0.2) is 0 Å². The molecule has 1 aromatic heterocycles. The normalized spacial score (nSPS) is 20.2. The monoisotopic (exact) mass is 357 g/mol. The maximum Gasteiger partial charge on any atom is 0.405 e. The van der Waals surface area contributed by atoms with Gasteiger partial charge in [0.2, 0.25) is 0 Å². The predicted molar refractivity (Wildman–Crippen MR) is 93.9 cm³/mol. The lowest BCUT2D eigenvalue weighted by molar-refractivity contribution is 0.0600. The van der Waals surface area contributed by atoms with Crippen molar-refractivity contribution in [3.05, 3.63) is 28.4 Å². The molecule has 8 heteroatoms. The van der Waals surface area contributed by atoms with Crippen LogP contribution in [0.15, 0.2) is 17.1 Å². The van der Waals surface area contributed by atoms with Gasteiger partial charge < -0.3 is 25.9 Å². The molecule has 1 heterocycles. The second-order valence-corrected chi connectivity index (χ2v) is 7.14. The van der Waals surface area contributed by atoms with Crippen molar-refractivity contribution in [3.8, 4) is 0 Å². The molecule has 2 rings (SSSR count). The maximum atomic E-state index is 13.0. The van der Waals surface area contributed by atoms with Gasteiger partial charge in [0.05, 0.1) is 0 Å². The lowest BCUT2D eigenvalue weighted by atomic mass is 9.86. The van der Waals surface area contributed by atoms with Crippen molar-refractivity contribution in [2.24, 2.45) is 11.7 Å². The quantitative estimate of drug-likeness (QED) is 0.662. The van der Waals surface area contributed by atoms with E-state index in [0.717, 1.165) is 31.9 Å². The number of amides is 1. The number of hydrogen-bond donors (Lipinski definition) is 4. The molecule has 0 saturated heterocycles. The average Bonchev–Trinajstić information content (AvgIpc) is 2.50. The Morgan fingerprint density at radius 1 is 1.40 bits per heavy atom.